The summed E-state index contributed by atoms with van der Waals surface area (Å²) in [5.41, 5.74) is 2.53. The number of fused-ring (bicyclic) bond motifs is 1. The Morgan fingerprint density at radius 3 is 2.66 bits per heavy atom. The molecule has 3 aromatic rings. The minimum absolute atomic E-state index is 0.157. The van der Waals surface area contributed by atoms with Crippen LogP contribution in [0.2, 0.25) is 0 Å². The fourth-order valence-corrected chi connectivity index (χ4v) is 5.20. The van der Waals surface area contributed by atoms with E-state index >= 15 is 0 Å². The topological polar surface area (TPSA) is 74.0 Å². The first-order valence-electron chi connectivity index (χ1n) is 13.1. The molecule has 0 spiro atoms. The Labute approximate surface area is 208 Å². The van der Waals surface area contributed by atoms with E-state index in [0.29, 0.717) is 18.3 Å². The maximum absolute atomic E-state index is 10.8. The normalized spacial score (nSPS) is 17.9. The molecule has 4 heterocycles. The number of phenolic OH excluding ortho intramolecular Hbond substituents is 1. The number of phenols is 1. The van der Waals surface area contributed by atoms with Crippen molar-refractivity contribution in [2.45, 2.75) is 39.0 Å². The molecule has 0 aliphatic carbocycles. The van der Waals surface area contributed by atoms with Crippen LogP contribution in [0.4, 0.5) is 5.69 Å². The summed E-state index contributed by atoms with van der Waals surface area (Å²) in [7, 11) is 2.19. The van der Waals surface area contributed by atoms with E-state index in [-0.39, 0.29) is 5.75 Å². The third-order valence-corrected chi connectivity index (χ3v) is 7.38. The number of pyridine rings is 1. The molecule has 0 atom stereocenters. The molecular formula is C28H38N4O3. The summed E-state index contributed by atoms with van der Waals surface area (Å²) in [4.78, 5) is 9.74. The summed E-state index contributed by atoms with van der Waals surface area (Å²) in [6.45, 7) is 9.11. The molecule has 35 heavy (non-hydrogen) atoms. The van der Waals surface area contributed by atoms with Crippen LogP contribution in [0.3, 0.4) is 0 Å². The minimum Gasteiger partial charge on any atom is -0.504 e. The summed E-state index contributed by atoms with van der Waals surface area (Å²) < 4.78 is 11.9. The molecule has 2 aliphatic heterocycles. The lowest BCUT2D eigenvalue weighted by Crippen LogP contribution is -2.32. The lowest BCUT2D eigenvalue weighted by Gasteiger charge is -2.29. The quantitative estimate of drug-likeness (QED) is 0.413. The van der Waals surface area contributed by atoms with Crippen molar-refractivity contribution < 1.29 is 14.3 Å². The van der Waals surface area contributed by atoms with Gasteiger partial charge in [-0.15, -0.1) is 0 Å². The van der Waals surface area contributed by atoms with Crippen LogP contribution < -0.4 is 10.1 Å². The molecule has 2 fully saturated rings. The molecule has 1 aromatic carbocycles. The molecule has 2 N–H and O–H groups in total. The smallest absolute Gasteiger partial charge is 0.163 e. The Balaban J connectivity index is 1.36. The zero-order valence-electron chi connectivity index (χ0n) is 21.1. The van der Waals surface area contributed by atoms with Crippen molar-refractivity contribution in [2.24, 2.45) is 5.92 Å². The summed E-state index contributed by atoms with van der Waals surface area (Å²) in [5.74, 6) is 2.88. The van der Waals surface area contributed by atoms with Crippen LogP contribution in [-0.2, 0) is 0 Å². The number of ether oxygens (including phenoxy) is 1. The number of benzene rings is 1. The number of likely N-dealkylation sites (tertiary alicyclic amines) is 2. The highest BCUT2D eigenvalue weighted by Crippen LogP contribution is 2.37. The van der Waals surface area contributed by atoms with E-state index < -0.39 is 0 Å². The van der Waals surface area contributed by atoms with Crippen LogP contribution in [0.5, 0.6) is 11.5 Å². The first kappa shape index (κ1) is 23.9. The van der Waals surface area contributed by atoms with Crippen LogP contribution >= 0.6 is 0 Å². The molecule has 0 bridgehead atoms. The third kappa shape index (κ3) is 5.90. The maximum atomic E-state index is 10.8. The second kappa shape index (κ2) is 10.9. The van der Waals surface area contributed by atoms with Crippen molar-refractivity contribution in [3.63, 3.8) is 0 Å². The van der Waals surface area contributed by atoms with Gasteiger partial charge in [-0.05, 0) is 102 Å². The molecule has 2 aromatic heterocycles. The molecule has 0 saturated carbocycles. The van der Waals surface area contributed by atoms with Gasteiger partial charge >= 0.3 is 0 Å². The molecule has 5 rings (SSSR count). The summed E-state index contributed by atoms with van der Waals surface area (Å²) in [6, 6.07) is 9.59. The highest BCUT2D eigenvalue weighted by atomic mass is 16.5. The van der Waals surface area contributed by atoms with Crippen molar-refractivity contribution >= 4 is 16.6 Å². The van der Waals surface area contributed by atoms with E-state index in [1.165, 1.54) is 38.8 Å². The van der Waals surface area contributed by atoms with Crippen LogP contribution in [0.15, 0.2) is 34.7 Å². The maximum Gasteiger partial charge on any atom is 0.163 e. The molecular weight excluding hydrogens is 440 g/mol. The average Bonchev–Trinajstić information content (AvgIpc) is 3.53. The summed E-state index contributed by atoms with van der Waals surface area (Å²) in [6.07, 6.45) is 5.92. The number of furan rings is 1. The first-order valence-corrected chi connectivity index (χ1v) is 13.1. The van der Waals surface area contributed by atoms with E-state index in [2.05, 4.69) is 22.2 Å². The van der Waals surface area contributed by atoms with Crippen LogP contribution in [-0.4, -0.2) is 72.8 Å². The van der Waals surface area contributed by atoms with Crippen LogP contribution in [0.25, 0.3) is 22.4 Å². The van der Waals surface area contributed by atoms with E-state index in [1.807, 2.05) is 31.2 Å². The average molecular weight is 479 g/mol. The molecule has 0 amide bonds. The number of rotatable bonds is 9. The first-order chi connectivity index (χ1) is 17.0. The minimum atomic E-state index is 0.157. The molecule has 188 valence electrons. The van der Waals surface area contributed by atoms with Crippen molar-refractivity contribution in [3.8, 4) is 23.0 Å². The van der Waals surface area contributed by atoms with Crippen molar-refractivity contribution in [1.29, 1.82) is 0 Å². The Morgan fingerprint density at radius 2 is 1.91 bits per heavy atom. The molecule has 7 nitrogen and oxygen atoms in total. The lowest BCUT2D eigenvalue weighted by molar-refractivity contribution is 0.226. The second-order valence-corrected chi connectivity index (χ2v) is 10.2. The van der Waals surface area contributed by atoms with Gasteiger partial charge < -0.3 is 29.4 Å². The standard InChI is InChI=1S/C28H38N4O3/c1-20-6-7-27(35-20)25-17-23(29-19-21-8-13-31(2)14-9-21)22-16-26(33)28(18-24(22)30-25)34-15-5-12-32-10-3-4-11-32/h6-7,16-18,21,33H,3-5,8-15,19H2,1-2H3,(H,29,30). The van der Waals surface area contributed by atoms with Crippen molar-refractivity contribution in [2.75, 3.05) is 58.2 Å². The number of nitrogens with zero attached hydrogens (tertiary/aromatic N) is 3. The van der Waals surface area contributed by atoms with Gasteiger partial charge in [0.2, 0.25) is 0 Å². The number of hydrogen-bond acceptors (Lipinski definition) is 7. The summed E-state index contributed by atoms with van der Waals surface area (Å²) >= 11 is 0. The van der Waals surface area contributed by atoms with Crippen molar-refractivity contribution in [3.05, 3.63) is 36.1 Å². The van der Waals surface area contributed by atoms with Gasteiger partial charge in [0.1, 0.15) is 11.5 Å². The Kier molecular flexibility index (Phi) is 7.44. The van der Waals surface area contributed by atoms with Gasteiger partial charge in [0.05, 0.1) is 12.1 Å². The van der Waals surface area contributed by atoms with Gasteiger partial charge in [0.15, 0.2) is 17.3 Å². The largest absolute Gasteiger partial charge is 0.504 e. The highest BCUT2D eigenvalue weighted by molar-refractivity contribution is 5.95. The van der Waals surface area contributed by atoms with Gasteiger partial charge in [-0.1, -0.05) is 0 Å². The van der Waals surface area contributed by atoms with Gasteiger partial charge in [0.25, 0.3) is 0 Å². The predicted molar refractivity (Wildman–Crippen MR) is 140 cm³/mol. The molecule has 0 radical (unpaired) electrons. The fraction of sp³-hybridized carbons (Fsp3) is 0.536. The Hall–Kier alpha value is -2.77. The number of aryl methyl sites for hydroxylation is 1. The zero-order valence-corrected chi connectivity index (χ0v) is 21.1. The Bertz CT molecular complexity index is 1130. The van der Waals surface area contributed by atoms with E-state index in [1.54, 1.807) is 6.07 Å². The SMILES string of the molecule is Cc1ccc(-c2cc(NCC3CCN(C)CC3)c3cc(O)c(OCCCN4CCCC4)cc3n2)o1. The molecule has 0 unspecified atom stereocenters. The number of aromatic hydroxyl groups is 1. The number of hydrogen-bond donors (Lipinski definition) is 2. The van der Waals surface area contributed by atoms with Gasteiger partial charge in [0, 0.05) is 30.2 Å². The van der Waals surface area contributed by atoms with Gasteiger partial charge in [-0.2, -0.15) is 0 Å². The fourth-order valence-electron chi connectivity index (χ4n) is 5.20. The van der Waals surface area contributed by atoms with Crippen LogP contribution in [0.1, 0.15) is 37.9 Å². The lowest BCUT2D eigenvalue weighted by atomic mass is 9.97. The molecule has 7 heteroatoms. The van der Waals surface area contributed by atoms with Gasteiger partial charge in [-0.25, -0.2) is 4.98 Å². The number of anilines is 1. The zero-order chi connectivity index (χ0) is 24.2. The van der Waals surface area contributed by atoms with Crippen molar-refractivity contribution in [1.82, 2.24) is 14.8 Å². The third-order valence-electron chi connectivity index (χ3n) is 7.38. The van der Waals surface area contributed by atoms with Gasteiger partial charge in [-0.3, -0.25) is 0 Å². The predicted octanol–water partition coefficient (Wildman–Crippen LogP) is 5.13. The monoisotopic (exact) mass is 478 g/mol. The van der Waals surface area contributed by atoms with Crippen LogP contribution in [0, 0.1) is 12.8 Å². The number of aromatic nitrogens is 1. The van der Waals surface area contributed by atoms with E-state index in [0.717, 1.165) is 66.4 Å². The van der Waals surface area contributed by atoms with E-state index in [4.69, 9.17) is 14.1 Å². The Morgan fingerprint density at radius 1 is 1.11 bits per heavy atom. The molecule has 2 saturated heterocycles. The highest BCUT2D eigenvalue weighted by Gasteiger charge is 2.19. The summed E-state index contributed by atoms with van der Waals surface area (Å²) in [5, 5.41) is 15.3. The number of nitrogens with one attached hydrogen (secondary N) is 1. The van der Waals surface area contributed by atoms with E-state index in [9.17, 15) is 5.11 Å². The second-order valence-electron chi connectivity index (χ2n) is 10.2. The molecule has 2 aliphatic rings. The number of piperidine rings is 1.